The Morgan fingerprint density at radius 2 is 1.30 bits per heavy atom. The Bertz CT molecular complexity index is 351. The number of nitriles is 1. The summed E-state index contributed by atoms with van der Waals surface area (Å²) in [5.74, 6) is 2.99. The molecule has 0 radical (unpaired) electrons. The number of hydrogen-bond donors (Lipinski definition) is 0. The zero-order valence-electron chi connectivity index (χ0n) is 15.8. The highest BCUT2D eigenvalue weighted by Crippen LogP contribution is 2.44. The quantitative estimate of drug-likeness (QED) is 0.462. The Kier molecular flexibility index (Phi) is 7.94. The van der Waals surface area contributed by atoms with Crippen molar-refractivity contribution in [3.8, 4) is 6.07 Å². The van der Waals surface area contributed by atoms with Gasteiger partial charge in [0.05, 0.1) is 11.5 Å². The van der Waals surface area contributed by atoms with E-state index in [2.05, 4.69) is 19.9 Å². The molecule has 2 aliphatic rings. The molecule has 2 aliphatic carbocycles. The average molecular weight is 318 g/mol. The van der Waals surface area contributed by atoms with Gasteiger partial charge in [-0.05, 0) is 49.9 Å². The zero-order valence-corrected chi connectivity index (χ0v) is 15.8. The molecule has 0 atom stereocenters. The van der Waals surface area contributed by atoms with Crippen LogP contribution in [0.1, 0.15) is 110 Å². The van der Waals surface area contributed by atoms with E-state index in [1.807, 2.05) is 0 Å². The van der Waals surface area contributed by atoms with Crippen LogP contribution in [-0.2, 0) is 0 Å². The summed E-state index contributed by atoms with van der Waals surface area (Å²) in [6.45, 7) is 4.54. The second-order valence-corrected chi connectivity index (χ2v) is 8.69. The molecule has 0 aromatic carbocycles. The second kappa shape index (κ2) is 9.71. The summed E-state index contributed by atoms with van der Waals surface area (Å²) in [7, 11) is 0. The van der Waals surface area contributed by atoms with Crippen molar-refractivity contribution in [2.24, 2.45) is 23.2 Å². The fourth-order valence-electron chi connectivity index (χ4n) is 5.19. The van der Waals surface area contributed by atoms with E-state index in [9.17, 15) is 5.26 Å². The van der Waals surface area contributed by atoms with Crippen molar-refractivity contribution in [3.05, 3.63) is 0 Å². The van der Waals surface area contributed by atoms with Gasteiger partial charge in [-0.2, -0.15) is 5.26 Å². The van der Waals surface area contributed by atoms with Crippen molar-refractivity contribution in [2.45, 2.75) is 110 Å². The highest BCUT2D eigenvalue weighted by Gasteiger charge is 2.34. The summed E-state index contributed by atoms with van der Waals surface area (Å²) < 4.78 is 0. The van der Waals surface area contributed by atoms with Gasteiger partial charge in [0.25, 0.3) is 0 Å². The molecule has 1 nitrogen and oxygen atoms in total. The van der Waals surface area contributed by atoms with Gasteiger partial charge in [-0.15, -0.1) is 0 Å². The number of unbranched alkanes of at least 4 members (excludes halogenated alkanes) is 1. The first kappa shape index (κ1) is 18.8. The third-order valence-corrected chi connectivity index (χ3v) is 6.94. The predicted molar refractivity (Wildman–Crippen MR) is 99.1 cm³/mol. The van der Waals surface area contributed by atoms with Crippen molar-refractivity contribution >= 4 is 0 Å². The standard InChI is InChI=1S/C22H39N/c1-3-5-6-19-7-9-20(10-8-19)11-12-21-13-16-22(18-23,15-4-2)17-14-21/h19-21H,3-17H2,1-2H3/t19-,20-,21-,22-. The van der Waals surface area contributed by atoms with Gasteiger partial charge in [0.15, 0.2) is 0 Å². The SMILES string of the molecule is CCCC[C@H]1CC[C@H](CC[C@H]2CC[C@@](C#N)(CCC)CC2)CC1. The van der Waals surface area contributed by atoms with Crippen LogP contribution in [0.5, 0.6) is 0 Å². The highest BCUT2D eigenvalue weighted by atomic mass is 14.4. The van der Waals surface area contributed by atoms with Crippen molar-refractivity contribution in [1.82, 2.24) is 0 Å². The van der Waals surface area contributed by atoms with Crippen LogP contribution < -0.4 is 0 Å². The van der Waals surface area contributed by atoms with Gasteiger partial charge in [0.2, 0.25) is 0 Å². The van der Waals surface area contributed by atoms with E-state index in [1.54, 1.807) is 0 Å². The molecule has 0 spiro atoms. The maximum absolute atomic E-state index is 9.53. The molecular weight excluding hydrogens is 278 g/mol. The van der Waals surface area contributed by atoms with Crippen LogP contribution in [0.3, 0.4) is 0 Å². The molecule has 0 heterocycles. The number of rotatable bonds is 8. The normalized spacial score (nSPS) is 34.9. The van der Waals surface area contributed by atoms with E-state index in [-0.39, 0.29) is 5.41 Å². The lowest BCUT2D eigenvalue weighted by molar-refractivity contribution is 0.173. The molecule has 23 heavy (non-hydrogen) atoms. The van der Waals surface area contributed by atoms with Gasteiger partial charge in [-0.25, -0.2) is 0 Å². The lowest BCUT2D eigenvalue weighted by atomic mass is 9.67. The highest BCUT2D eigenvalue weighted by molar-refractivity contribution is 5.01. The van der Waals surface area contributed by atoms with E-state index in [0.29, 0.717) is 0 Å². The summed E-state index contributed by atoms with van der Waals surface area (Å²) in [4.78, 5) is 0. The maximum Gasteiger partial charge on any atom is 0.0689 e. The van der Waals surface area contributed by atoms with Crippen LogP contribution in [0.15, 0.2) is 0 Å². The van der Waals surface area contributed by atoms with Crippen molar-refractivity contribution in [2.75, 3.05) is 0 Å². The molecule has 0 aromatic heterocycles. The van der Waals surface area contributed by atoms with Gasteiger partial charge >= 0.3 is 0 Å². The molecule has 2 fully saturated rings. The van der Waals surface area contributed by atoms with E-state index in [4.69, 9.17) is 0 Å². The summed E-state index contributed by atoms with van der Waals surface area (Å²) >= 11 is 0. The topological polar surface area (TPSA) is 23.8 Å². The largest absolute Gasteiger partial charge is 0.198 e. The van der Waals surface area contributed by atoms with Crippen LogP contribution in [0.2, 0.25) is 0 Å². The molecule has 0 saturated heterocycles. The van der Waals surface area contributed by atoms with Crippen molar-refractivity contribution < 1.29 is 0 Å². The number of nitrogens with zero attached hydrogens (tertiary/aromatic N) is 1. The van der Waals surface area contributed by atoms with Crippen molar-refractivity contribution in [1.29, 1.82) is 5.26 Å². The second-order valence-electron chi connectivity index (χ2n) is 8.69. The summed E-state index contributed by atoms with van der Waals surface area (Å²) in [5, 5.41) is 9.53. The molecular formula is C22H39N. The molecule has 0 unspecified atom stereocenters. The molecule has 2 rings (SSSR count). The molecule has 0 bridgehead atoms. The first-order chi connectivity index (χ1) is 11.2. The Morgan fingerprint density at radius 1 is 0.783 bits per heavy atom. The van der Waals surface area contributed by atoms with Gasteiger partial charge < -0.3 is 0 Å². The number of hydrogen-bond acceptors (Lipinski definition) is 1. The predicted octanol–water partition coefficient (Wildman–Crippen LogP) is 7.26. The minimum absolute atomic E-state index is 0.0442. The minimum Gasteiger partial charge on any atom is -0.198 e. The average Bonchev–Trinajstić information content (AvgIpc) is 2.60. The molecule has 0 aromatic rings. The summed E-state index contributed by atoms with van der Waals surface area (Å²) in [6.07, 6.45) is 20.5. The first-order valence-electron chi connectivity index (χ1n) is 10.6. The van der Waals surface area contributed by atoms with Gasteiger partial charge in [0.1, 0.15) is 0 Å². The van der Waals surface area contributed by atoms with E-state index in [0.717, 1.165) is 24.2 Å². The Morgan fingerprint density at radius 3 is 1.78 bits per heavy atom. The molecule has 0 N–H and O–H groups in total. The lowest BCUT2D eigenvalue weighted by Crippen LogP contribution is -2.26. The third-order valence-electron chi connectivity index (χ3n) is 6.94. The van der Waals surface area contributed by atoms with E-state index < -0.39 is 0 Å². The molecule has 132 valence electrons. The Labute approximate surface area is 145 Å². The summed E-state index contributed by atoms with van der Waals surface area (Å²) in [6, 6.07) is 2.67. The van der Waals surface area contributed by atoms with Gasteiger partial charge in [0, 0.05) is 0 Å². The van der Waals surface area contributed by atoms with E-state index in [1.165, 1.54) is 89.9 Å². The molecule has 1 heteroatoms. The summed E-state index contributed by atoms with van der Waals surface area (Å²) in [5.41, 5.74) is 0.0442. The van der Waals surface area contributed by atoms with Crippen LogP contribution in [0.4, 0.5) is 0 Å². The lowest BCUT2D eigenvalue weighted by Gasteiger charge is -2.36. The Balaban J connectivity index is 1.62. The molecule has 0 aliphatic heterocycles. The van der Waals surface area contributed by atoms with Crippen LogP contribution in [0.25, 0.3) is 0 Å². The molecule has 0 amide bonds. The van der Waals surface area contributed by atoms with Gasteiger partial charge in [-0.1, -0.05) is 78.1 Å². The monoisotopic (exact) mass is 317 g/mol. The first-order valence-corrected chi connectivity index (χ1v) is 10.6. The van der Waals surface area contributed by atoms with Gasteiger partial charge in [-0.3, -0.25) is 0 Å². The molecule has 2 saturated carbocycles. The zero-order chi connectivity index (χ0) is 16.5. The van der Waals surface area contributed by atoms with Crippen molar-refractivity contribution in [3.63, 3.8) is 0 Å². The maximum atomic E-state index is 9.53. The van der Waals surface area contributed by atoms with Crippen LogP contribution in [0, 0.1) is 34.5 Å². The Hall–Kier alpha value is -0.510. The van der Waals surface area contributed by atoms with Crippen LogP contribution >= 0.6 is 0 Å². The van der Waals surface area contributed by atoms with Crippen LogP contribution in [-0.4, -0.2) is 0 Å². The smallest absolute Gasteiger partial charge is 0.0689 e. The fourth-order valence-corrected chi connectivity index (χ4v) is 5.19. The third kappa shape index (κ3) is 5.81. The van der Waals surface area contributed by atoms with E-state index >= 15 is 0 Å². The minimum atomic E-state index is 0.0442. The fraction of sp³-hybridized carbons (Fsp3) is 0.955.